The lowest BCUT2D eigenvalue weighted by molar-refractivity contribution is 0.400. The zero-order valence-corrected chi connectivity index (χ0v) is 12.7. The number of ether oxygens (including phenoxy) is 1. The van der Waals surface area contributed by atoms with Crippen LogP contribution < -0.4 is 4.74 Å². The van der Waals surface area contributed by atoms with E-state index in [4.69, 9.17) is 16.3 Å². The van der Waals surface area contributed by atoms with Gasteiger partial charge in [-0.25, -0.2) is 0 Å². The van der Waals surface area contributed by atoms with Crippen molar-refractivity contribution in [1.82, 2.24) is 0 Å². The summed E-state index contributed by atoms with van der Waals surface area (Å²) in [6.45, 7) is 0. The predicted octanol–water partition coefficient (Wildman–Crippen LogP) is 5.30. The third-order valence-electron chi connectivity index (χ3n) is 4.24. The lowest BCUT2D eigenvalue weighted by Gasteiger charge is -2.27. The third-order valence-corrected chi connectivity index (χ3v) is 4.51. The van der Waals surface area contributed by atoms with E-state index in [1.807, 2.05) is 0 Å². The highest BCUT2D eigenvalue weighted by Gasteiger charge is 2.22. The van der Waals surface area contributed by atoms with Gasteiger partial charge < -0.3 is 4.74 Å². The van der Waals surface area contributed by atoms with E-state index in [1.165, 1.54) is 50.5 Å². The second kappa shape index (κ2) is 7.79. The van der Waals surface area contributed by atoms with Gasteiger partial charge in [0.2, 0.25) is 0 Å². The number of rotatable bonds is 7. The van der Waals surface area contributed by atoms with E-state index in [0.717, 1.165) is 24.0 Å². The van der Waals surface area contributed by atoms with Crippen LogP contribution in [0, 0.1) is 0 Å². The highest BCUT2D eigenvalue weighted by atomic mass is 35.5. The first kappa shape index (κ1) is 14.7. The Kier molecular flexibility index (Phi) is 6.03. The Labute approximate surface area is 122 Å². The number of hydrogen-bond acceptors (Lipinski definition) is 1. The number of methoxy groups -OCH3 is 1. The van der Waals surface area contributed by atoms with E-state index in [1.54, 1.807) is 12.7 Å². The summed E-state index contributed by atoms with van der Waals surface area (Å²) in [7, 11) is 1.78. The Morgan fingerprint density at radius 1 is 1.21 bits per heavy atom. The van der Waals surface area contributed by atoms with Crippen LogP contribution in [-0.2, 0) is 6.42 Å². The van der Waals surface area contributed by atoms with Crippen LogP contribution in [0.15, 0.2) is 18.2 Å². The van der Waals surface area contributed by atoms with E-state index >= 15 is 0 Å². The Hall–Kier alpha value is -0.690. The van der Waals surface area contributed by atoms with Crippen molar-refractivity contribution >= 4 is 11.6 Å². The summed E-state index contributed by atoms with van der Waals surface area (Å²) in [6, 6.07) is 6.55. The number of unbranched alkanes of at least 4 members (excludes halogenated alkanes) is 3. The van der Waals surface area contributed by atoms with Gasteiger partial charge >= 0.3 is 0 Å². The summed E-state index contributed by atoms with van der Waals surface area (Å²) in [4.78, 5) is 0. The molecule has 0 fully saturated rings. The van der Waals surface area contributed by atoms with Crippen LogP contribution in [0.4, 0.5) is 0 Å². The van der Waals surface area contributed by atoms with Crippen molar-refractivity contribution in [1.29, 1.82) is 0 Å². The van der Waals surface area contributed by atoms with Crippen molar-refractivity contribution in [2.45, 2.75) is 57.3 Å². The van der Waals surface area contributed by atoms with Gasteiger partial charge in [0, 0.05) is 5.88 Å². The maximum atomic E-state index is 5.72. The van der Waals surface area contributed by atoms with Crippen molar-refractivity contribution in [2.24, 2.45) is 0 Å². The molecule has 1 aromatic rings. The molecule has 0 aliphatic heterocycles. The molecule has 1 aliphatic rings. The third kappa shape index (κ3) is 3.89. The summed E-state index contributed by atoms with van der Waals surface area (Å²) in [6.07, 6.45) is 10.2. The molecule has 1 atom stereocenters. The summed E-state index contributed by atoms with van der Waals surface area (Å²) in [5.41, 5.74) is 3.00. The normalized spacial score (nSPS) is 18.1. The average molecular weight is 281 g/mol. The zero-order valence-electron chi connectivity index (χ0n) is 12.0. The average Bonchev–Trinajstić information content (AvgIpc) is 2.46. The van der Waals surface area contributed by atoms with Crippen LogP contribution in [0.5, 0.6) is 5.75 Å². The molecular weight excluding hydrogens is 256 g/mol. The van der Waals surface area contributed by atoms with E-state index in [-0.39, 0.29) is 0 Å². The Balaban J connectivity index is 1.94. The van der Waals surface area contributed by atoms with Gasteiger partial charge in [-0.15, -0.1) is 11.6 Å². The number of hydrogen-bond donors (Lipinski definition) is 0. The quantitative estimate of drug-likeness (QED) is 0.486. The van der Waals surface area contributed by atoms with Gasteiger partial charge in [-0.3, -0.25) is 0 Å². The summed E-state index contributed by atoms with van der Waals surface area (Å²) in [5, 5.41) is 0. The van der Waals surface area contributed by atoms with Gasteiger partial charge in [-0.1, -0.05) is 31.4 Å². The van der Waals surface area contributed by atoms with Gasteiger partial charge in [-0.05, 0) is 55.2 Å². The second-order valence-corrected chi connectivity index (χ2v) is 5.89. The van der Waals surface area contributed by atoms with E-state index < -0.39 is 0 Å². The molecule has 0 N–H and O–H groups in total. The zero-order chi connectivity index (χ0) is 13.5. The van der Waals surface area contributed by atoms with Crippen LogP contribution in [0.1, 0.15) is 62.0 Å². The number of alkyl halides is 1. The molecule has 1 nitrogen and oxygen atoms in total. The molecule has 0 heterocycles. The molecule has 1 aromatic carbocycles. The lowest BCUT2D eigenvalue weighted by atomic mass is 9.80. The summed E-state index contributed by atoms with van der Waals surface area (Å²) >= 11 is 5.72. The van der Waals surface area contributed by atoms with Crippen LogP contribution >= 0.6 is 11.6 Å². The molecule has 2 heteroatoms. The molecule has 19 heavy (non-hydrogen) atoms. The minimum atomic E-state index is 0.745. The van der Waals surface area contributed by atoms with Crippen LogP contribution in [0.25, 0.3) is 0 Å². The number of fused-ring (bicyclic) bond motifs is 1. The molecule has 0 radical (unpaired) electrons. The maximum absolute atomic E-state index is 5.72. The fourth-order valence-electron chi connectivity index (χ4n) is 3.24. The molecule has 0 spiro atoms. The minimum Gasteiger partial charge on any atom is -0.496 e. The van der Waals surface area contributed by atoms with Gasteiger partial charge in [0.15, 0.2) is 0 Å². The number of benzene rings is 1. The van der Waals surface area contributed by atoms with Crippen molar-refractivity contribution in [3.05, 3.63) is 29.3 Å². The van der Waals surface area contributed by atoms with Crippen molar-refractivity contribution < 1.29 is 4.74 Å². The fourth-order valence-corrected chi connectivity index (χ4v) is 3.43. The van der Waals surface area contributed by atoms with Crippen LogP contribution in [0.3, 0.4) is 0 Å². The standard InChI is InChI=1S/C17H25ClO/c1-19-17-12-7-10-15-14(9-6-11-16(15)17)8-4-2-3-5-13-18/h7,10,12,14H,2-6,8-9,11,13H2,1H3/t14-/m0/s1. The van der Waals surface area contributed by atoms with E-state index in [0.29, 0.717) is 0 Å². The largest absolute Gasteiger partial charge is 0.496 e. The lowest BCUT2D eigenvalue weighted by Crippen LogP contribution is -2.11. The van der Waals surface area contributed by atoms with Crippen LogP contribution in [0.2, 0.25) is 0 Å². The molecule has 1 aliphatic carbocycles. The Morgan fingerprint density at radius 3 is 2.84 bits per heavy atom. The van der Waals surface area contributed by atoms with Crippen molar-refractivity contribution in [2.75, 3.05) is 13.0 Å². The Bertz CT molecular complexity index is 389. The molecule has 0 unspecified atom stereocenters. The molecular formula is C17H25ClO. The fraction of sp³-hybridized carbons (Fsp3) is 0.647. The van der Waals surface area contributed by atoms with Gasteiger partial charge in [-0.2, -0.15) is 0 Å². The maximum Gasteiger partial charge on any atom is 0.122 e. The van der Waals surface area contributed by atoms with E-state index in [9.17, 15) is 0 Å². The Morgan fingerprint density at radius 2 is 2.05 bits per heavy atom. The van der Waals surface area contributed by atoms with Gasteiger partial charge in [0.1, 0.15) is 5.75 Å². The topological polar surface area (TPSA) is 9.23 Å². The van der Waals surface area contributed by atoms with Gasteiger partial charge in [0.25, 0.3) is 0 Å². The second-order valence-electron chi connectivity index (χ2n) is 5.51. The molecule has 0 aromatic heterocycles. The molecule has 106 valence electrons. The summed E-state index contributed by atoms with van der Waals surface area (Å²) < 4.78 is 5.50. The smallest absolute Gasteiger partial charge is 0.122 e. The minimum absolute atomic E-state index is 0.745. The van der Waals surface area contributed by atoms with Gasteiger partial charge in [0.05, 0.1) is 7.11 Å². The predicted molar refractivity (Wildman–Crippen MR) is 82.5 cm³/mol. The van der Waals surface area contributed by atoms with Crippen LogP contribution in [-0.4, -0.2) is 13.0 Å². The first-order valence-electron chi connectivity index (χ1n) is 7.58. The molecule has 0 bridgehead atoms. The van der Waals surface area contributed by atoms with Crippen molar-refractivity contribution in [3.63, 3.8) is 0 Å². The molecule has 0 amide bonds. The highest BCUT2D eigenvalue weighted by molar-refractivity contribution is 6.17. The summed E-state index contributed by atoms with van der Waals surface area (Å²) in [5.74, 6) is 2.64. The molecule has 2 rings (SSSR count). The first-order chi connectivity index (χ1) is 9.36. The SMILES string of the molecule is COc1cccc2c1CCC[C@@H]2CCCCCCCl. The first-order valence-corrected chi connectivity index (χ1v) is 8.12. The van der Waals surface area contributed by atoms with E-state index in [2.05, 4.69) is 18.2 Å². The molecule has 0 saturated heterocycles. The molecule has 0 saturated carbocycles. The van der Waals surface area contributed by atoms with Crippen molar-refractivity contribution in [3.8, 4) is 5.75 Å². The highest BCUT2D eigenvalue weighted by Crippen LogP contribution is 2.39. The monoisotopic (exact) mass is 280 g/mol. The number of halogens is 1.